The van der Waals surface area contributed by atoms with Crippen LogP contribution in [0.2, 0.25) is 0 Å². The van der Waals surface area contributed by atoms with Crippen molar-refractivity contribution in [2.75, 3.05) is 0 Å². The molecular weight excluding hydrogens is 252 g/mol. The fraction of sp³-hybridized carbons (Fsp3) is 0.375. The Morgan fingerprint density at radius 2 is 2.00 bits per heavy atom. The van der Waals surface area contributed by atoms with Crippen LogP contribution in [-0.4, -0.2) is 20.6 Å². The van der Waals surface area contributed by atoms with Crippen molar-refractivity contribution in [3.63, 3.8) is 0 Å². The molecule has 0 aliphatic heterocycles. The van der Waals surface area contributed by atoms with Gasteiger partial charge in [0, 0.05) is 25.9 Å². The molecule has 0 fully saturated rings. The van der Waals surface area contributed by atoms with Crippen LogP contribution in [0.1, 0.15) is 23.4 Å². The molecule has 1 heterocycles. The summed E-state index contributed by atoms with van der Waals surface area (Å²) >= 11 is 0. The highest BCUT2D eigenvalue weighted by Gasteiger charge is 2.43. The lowest BCUT2D eigenvalue weighted by molar-refractivity contribution is -0.148. The molecule has 0 amide bonds. The van der Waals surface area contributed by atoms with Crippen LogP contribution < -0.4 is 0 Å². The fourth-order valence-electron chi connectivity index (χ4n) is 3.12. The first kappa shape index (κ1) is 12.9. The minimum atomic E-state index is -0.692. The molecule has 0 atom stereocenters. The van der Waals surface area contributed by atoms with E-state index >= 15 is 0 Å². The molecule has 4 heteroatoms. The Balaban J connectivity index is 1.81. The Bertz CT molecular complexity index is 620. The van der Waals surface area contributed by atoms with Gasteiger partial charge in [0.05, 0.1) is 5.41 Å². The highest BCUT2D eigenvalue weighted by Crippen LogP contribution is 2.40. The average Bonchev–Trinajstić information content (AvgIpc) is 3.00. The molecule has 0 unspecified atom stereocenters. The first-order valence-corrected chi connectivity index (χ1v) is 6.87. The predicted octanol–water partition coefficient (Wildman–Crippen LogP) is 2.22. The van der Waals surface area contributed by atoms with Crippen molar-refractivity contribution in [1.29, 1.82) is 0 Å². The van der Waals surface area contributed by atoms with Gasteiger partial charge in [0.2, 0.25) is 0 Å². The predicted molar refractivity (Wildman–Crippen MR) is 75.4 cm³/mol. The van der Waals surface area contributed by atoms with Crippen molar-refractivity contribution < 1.29 is 9.90 Å². The Labute approximate surface area is 118 Å². The number of nitrogens with zero attached hydrogens (tertiary/aromatic N) is 2. The van der Waals surface area contributed by atoms with Crippen molar-refractivity contribution >= 4 is 5.97 Å². The van der Waals surface area contributed by atoms with Crippen LogP contribution in [0, 0.1) is 5.41 Å². The lowest BCUT2D eigenvalue weighted by Crippen LogP contribution is -2.32. The second kappa shape index (κ2) is 4.78. The monoisotopic (exact) mass is 270 g/mol. The molecule has 4 nitrogen and oxygen atoms in total. The van der Waals surface area contributed by atoms with E-state index in [9.17, 15) is 9.90 Å². The SMILES string of the molecule is Cn1ccnc1CCC1(C(=O)O)Cc2ccccc2C1. The van der Waals surface area contributed by atoms with Gasteiger partial charge < -0.3 is 9.67 Å². The second-order valence-corrected chi connectivity index (χ2v) is 5.66. The molecule has 20 heavy (non-hydrogen) atoms. The topological polar surface area (TPSA) is 55.1 Å². The number of aromatic nitrogens is 2. The summed E-state index contributed by atoms with van der Waals surface area (Å²) in [6.07, 6.45) is 6.23. The molecule has 3 rings (SSSR count). The summed E-state index contributed by atoms with van der Waals surface area (Å²) in [5.41, 5.74) is 1.68. The number of hydrogen-bond acceptors (Lipinski definition) is 2. The van der Waals surface area contributed by atoms with Gasteiger partial charge in [-0.05, 0) is 30.4 Å². The molecule has 1 aliphatic carbocycles. The molecule has 0 radical (unpaired) electrons. The quantitative estimate of drug-likeness (QED) is 0.926. The Hall–Kier alpha value is -2.10. The molecule has 1 aromatic carbocycles. The van der Waals surface area contributed by atoms with E-state index in [2.05, 4.69) is 4.98 Å². The average molecular weight is 270 g/mol. The summed E-state index contributed by atoms with van der Waals surface area (Å²) in [5.74, 6) is 0.254. The second-order valence-electron chi connectivity index (χ2n) is 5.66. The van der Waals surface area contributed by atoms with Crippen molar-refractivity contribution in [3.05, 3.63) is 53.6 Å². The summed E-state index contributed by atoms with van der Waals surface area (Å²) in [4.78, 5) is 16.1. The zero-order valence-electron chi connectivity index (χ0n) is 11.5. The van der Waals surface area contributed by atoms with Gasteiger partial charge in [-0.25, -0.2) is 4.98 Å². The number of aliphatic carboxylic acids is 1. The van der Waals surface area contributed by atoms with Crippen molar-refractivity contribution in [1.82, 2.24) is 9.55 Å². The molecule has 104 valence electrons. The summed E-state index contributed by atoms with van der Waals surface area (Å²) in [6.45, 7) is 0. The third-order valence-corrected chi connectivity index (χ3v) is 4.38. The van der Waals surface area contributed by atoms with Gasteiger partial charge in [0.1, 0.15) is 5.82 Å². The number of hydrogen-bond donors (Lipinski definition) is 1. The summed E-state index contributed by atoms with van der Waals surface area (Å²) in [6, 6.07) is 8.05. The van der Waals surface area contributed by atoms with Crippen LogP contribution in [0.15, 0.2) is 36.7 Å². The normalized spacial score (nSPS) is 16.1. The molecule has 0 saturated heterocycles. The summed E-state index contributed by atoms with van der Waals surface area (Å²) in [5, 5.41) is 9.71. The molecule has 0 spiro atoms. The van der Waals surface area contributed by atoms with E-state index in [-0.39, 0.29) is 0 Å². The number of fused-ring (bicyclic) bond motifs is 1. The summed E-state index contributed by atoms with van der Waals surface area (Å²) < 4.78 is 1.96. The molecule has 0 saturated carbocycles. The van der Waals surface area contributed by atoms with Crippen molar-refractivity contribution in [3.8, 4) is 0 Å². The number of carboxylic acid groups (broad SMARTS) is 1. The molecule has 0 bridgehead atoms. The maximum absolute atomic E-state index is 11.8. The van der Waals surface area contributed by atoms with Gasteiger partial charge in [-0.2, -0.15) is 0 Å². The van der Waals surface area contributed by atoms with Gasteiger partial charge in [-0.3, -0.25) is 4.79 Å². The molecular formula is C16H18N2O2. The van der Waals surface area contributed by atoms with E-state index in [1.807, 2.05) is 42.1 Å². The van der Waals surface area contributed by atoms with Gasteiger partial charge in [-0.1, -0.05) is 24.3 Å². The van der Waals surface area contributed by atoms with Crippen LogP contribution in [0.3, 0.4) is 0 Å². The lowest BCUT2D eigenvalue weighted by atomic mass is 9.80. The number of imidazole rings is 1. The Kier molecular flexibility index (Phi) is 3.08. The maximum atomic E-state index is 11.8. The number of rotatable bonds is 4. The minimum Gasteiger partial charge on any atom is -0.481 e. The number of carboxylic acids is 1. The number of benzene rings is 1. The first-order chi connectivity index (χ1) is 9.61. The van der Waals surface area contributed by atoms with Crippen LogP contribution in [0.4, 0.5) is 0 Å². The van der Waals surface area contributed by atoms with E-state index in [4.69, 9.17) is 0 Å². The zero-order valence-corrected chi connectivity index (χ0v) is 11.5. The van der Waals surface area contributed by atoms with Crippen molar-refractivity contribution in [2.24, 2.45) is 12.5 Å². The minimum absolute atomic E-state index is 0.627. The Morgan fingerprint density at radius 1 is 1.35 bits per heavy atom. The van der Waals surface area contributed by atoms with E-state index in [1.54, 1.807) is 6.20 Å². The highest BCUT2D eigenvalue weighted by molar-refractivity contribution is 5.77. The maximum Gasteiger partial charge on any atom is 0.310 e. The number of aryl methyl sites for hydroxylation is 2. The Morgan fingerprint density at radius 3 is 2.50 bits per heavy atom. The first-order valence-electron chi connectivity index (χ1n) is 6.87. The molecule has 1 N–H and O–H groups in total. The molecule has 2 aromatic rings. The van der Waals surface area contributed by atoms with Gasteiger partial charge in [-0.15, -0.1) is 0 Å². The molecule has 1 aliphatic rings. The third-order valence-electron chi connectivity index (χ3n) is 4.38. The van der Waals surface area contributed by atoms with E-state index in [0.29, 0.717) is 25.7 Å². The smallest absolute Gasteiger partial charge is 0.310 e. The van der Waals surface area contributed by atoms with Gasteiger partial charge in [0.15, 0.2) is 0 Å². The standard InChI is InChI=1S/C16H18N2O2/c1-18-9-8-17-14(18)6-7-16(15(19)20)10-12-4-2-3-5-13(12)11-16/h2-5,8-9H,6-7,10-11H2,1H3,(H,19,20). The largest absolute Gasteiger partial charge is 0.481 e. The highest BCUT2D eigenvalue weighted by atomic mass is 16.4. The van der Waals surface area contributed by atoms with Crippen LogP contribution in [0.5, 0.6) is 0 Å². The van der Waals surface area contributed by atoms with E-state index in [0.717, 1.165) is 5.82 Å². The van der Waals surface area contributed by atoms with Crippen LogP contribution >= 0.6 is 0 Å². The lowest BCUT2D eigenvalue weighted by Gasteiger charge is -2.23. The van der Waals surface area contributed by atoms with Crippen molar-refractivity contribution in [2.45, 2.75) is 25.7 Å². The summed E-state index contributed by atoms with van der Waals surface area (Å²) in [7, 11) is 1.94. The fourth-order valence-corrected chi connectivity index (χ4v) is 3.12. The van der Waals surface area contributed by atoms with Crippen LogP contribution in [0.25, 0.3) is 0 Å². The molecule has 1 aromatic heterocycles. The van der Waals surface area contributed by atoms with E-state index in [1.165, 1.54) is 11.1 Å². The zero-order chi connectivity index (χ0) is 14.2. The van der Waals surface area contributed by atoms with Gasteiger partial charge >= 0.3 is 5.97 Å². The third kappa shape index (κ3) is 2.11. The van der Waals surface area contributed by atoms with Crippen LogP contribution in [-0.2, 0) is 31.1 Å². The number of carbonyl (C=O) groups is 1. The van der Waals surface area contributed by atoms with Gasteiger partial charge in [0.25, 0.3) is 0 Å². The van der Waals surface area contributed by atoms with E-state index < -0.39 is 11.4 Å².